The first-order valence-electron chi connectivity index (χ1n) is 7.13. The lowest BCUT2D eigenvalue weighted by Crippen LogP contribution is -2.27. The lowest BCUT2D eigenvalue weighted by molar-refractivity contribution is -0.140. The molecule has 1 aliphatic rings. The second-order valence-corrected chi connectivity index (χ2v) is 6.22. The molecule has 110 valence electrons. The largest absolute Gasteiger partial charge is 0.469 e. The van der Waals surface area contributed by atoms with Crippen molar-refractivity contribution in [1.82, 2.24) is 5.32 Å². The quantitative estimate of drug-likeness (QED) is 0.550. The molecule has 5 heteroatoms. The van der Waals surface area contributed by atoms with E-state index in [-0.39, 0.29) is 11.9 Å². The molecule has 1 rings (SSSR count). The van der Waals surface area contributed by atoms with E-state index in [1.807, 2.05) is 11.8 Å². The van der Waals surface area contributed by atoms with Crippen molar-refractivity contribution >= 4 is 23.6 Å². The minimum atomic E-state index is -0.154. The van der Waals surface area contributed by atoms with E-state index < -0.39 is 0 Å². The fourth-order valence-electron chi connectivity index (χ4n) is 2.19. The first-order chi connectivity index (χ1) is 9.22. The third-order valence-electron chi connectivity index (χ3n) is 3.42. The van der Waals surface area contributed by atoms with Gasteiger partial charge in [-0.3, -0.25) is 9.59 Å². The maximum Gasteiger partial charge on any atom is 0.305 e. The average molecular weight is 287 g/mol. The van der Waals surface area contributed by atoms with Gasteiger partial charge >= 0.3 is 5.97 Å². The molecule has 0 atom stereocenters. The van der Waals surface area contributed by atoms with Gasteiger partial charge in [-0.1, -0.05) is 6.42 Å². The Balaban J connectivity index is 1.93. The fraction of sp³-hybridized carbons (Fsp3) is 0.857. The summed E-state index contributed by atoms with van der Waals surface area (Å²) in [5, 5.41) is 2.97. The van der Waals surface area contributed by atoms with Gasteiger partial charge in [-0.2, -0.15) is 11.8 Å². The first kappa shape index (κ1) is 16.3. The van der Waals surface area contributed by atoms with E-state index >= 15 is 0 Å². The molecule has 0 aromatic rings. The summed E-state index contributed by atoms with van der Waals surface area (Å²) >= 11 is 1.99. The second kappa shape index (κ2) is 10.1. The normalized spacial score (nSPS) is 16.1. The number of methoxy groups -OCH3 is 1. The summed E-state index contributed by atoms with van der Waals surface area (Å²) in [5.74, 6) is 3.02. The molecule has 0 aliphatic carbocycles. The molecule has 0 spiro atoms. The zero-order valence-corrected chi connectivity index (χ0v) is 12.6. The third kappa shape index (κ3) is 8.14. The van der Waals surface area contributed by atoms with Gasteiger partial charge in [0.05, 0.1) is 7.11 Å². The summed E-state index contributed by atoms with van der Waals surface area (Å²) in [6.45, 7) is 0.724. The Labute approximate surface area is 120 Å². The van der Waals surface area contributed by atoms with Crippen LogP contribution in [0, 0.1) is 5.92 Å². The van der Waals surface area contributed by atoms with Crippen LogP contribution in [0.15, 0.2) is 0 Å². The number of rotatable bonds is 8. The number of hydrogen-bond acceptors (Lipinski definition) is 4. The summed E-state index contributed by atoms with van der Waals surface area (Å²) in [7, 11) is 1.41. The van der Waals surface area contributed by atoms with Gasteiger partial charge in [-0.25, -0.2) is 0 Å². The van der Waals surface area contributed by atoms with Crippen LogP contribution in [-0.2, 0) is 14.3 Å². The Kier molecular flexibility index (Phi) is 8.71. The van der Waals surface area contributed by atoms with Crippen molar-refractivity contribution in [2.75, 3.05) is 25.2 Å². The van der Waals surface area contributed by atoms with Crippen molar-refractivity contribution in [3.63, 3.8) is 0 Å². The van der Waals surface area contributed by atoms with Crippen molar-refractivity contribution in [1.29, 1.82) is 0 Å². The summed E-state index contributed by atoms with van der Waals surface area (Å²) in [6.07, 6.45) is 6.24. The van der Waals surface area contributed by atoms with Gasteiger partial charge in [0.15, 0.2) is 0 Å². The summed E-state index contributed by atoms with van der Waals surface area (Å²) < 4.78 is 4.57. The molecule has 0 aromatic carbocycles. The number of carbonyl (C=O) groups excluding carboxylic acids is 2. The van der Waals surface area contributed by atoms with Crippen LogP contribution < -0.4 is 5.32 Å². The molecule has 0 unspecified atom stereocenters. The van der Waals surface area contributed by atoms with E-state index in [9.17, 15) is 9.59 Å². The van der Waals surface area contributed by atoms with Crippen molar-refractivity contribution < 1.29 is 14.3 Å². The number of unbranched alkanes of at least 4 members (excludes halogenated alkanes) is 2. The number of ether oxygens (including phenoxy) is 1. The van der Waals surface area contributed by atoms with E-state index in [4.69, 9.17) is 0 Å². The lowest BCUT2D eigenvalue weighted by atomic mass is 9.98. The van der Waals surface area contributed by atoms with E-state index in [0.29, 0.717) is 18.8 Å². The monoisotopic (exact) mass is 287 g/mol. The highest BCUT2D eigenvalue weighted by Crippen LogP contribution is 2.24. The zero-order chi connectivity index (χ0) is 13.9. The minimum Gasteiger partial charge on any atom is -0.469 e. The molecular formula is C14H25NO3S. The molecular weight excluding hydrogens is 262 g/mol. The van der Waals surface area contributed by atoms with Crippen LogP contribution in [0.2, 0.25) is 0 Å². The van der Waals surface area contributed by atoms with Gasteiger partial charge in [0.25, 0.3) is 0 Å². The molecule has 1 fully saturated rings. The van der Waals surface area contributed by atoms with Crippen LogP contribution in [0.1, 0.15) is 44.9 Å². The molecule has 0 aromatic heterocycles. The average Bonchev–Trinajstić information content (AvgIpc) is 2.43. The standard InChI is InChI=1S/C14H25NO3S/c1-18-14(17)5-3-2-4-8-15-13(16)11-12-6-9-19-10-7-12/h12H,2-11H2,1H3,(H,15,16). The summed E-state index contributed by atoms with van der Waals surface area (Å²) in [4.78, 5) is 22.6. The number of thioether (sulfide) groups is 1. The number of amides is 1. The first-order valence-corrected chi connectivity index (χ1v) is 8.29. The Morgan fingerprint density at radius 3 is 2.63 bits per heavy atom. The molecule has 1 heterocycles. The maximum atomic E-state index is 11.7. The molecule has 0 radical (unpaired) electrons. The highest BCUT2D eigenvalue weighted by atomic mass is 32.2. The fourth-order valence-corrected chi connectivity index (χ4v) is 3.39. The van der Waals surface area contributed by atoms with Gasteiger partial charge in [-0.15, -0.1) is 0 Å². The number of carbonyl (C=O) groups is 2. The van der Waals surface area contributed by atoms with Gasteiger partial charge in [0.1, 0.15) is 0 Å². The van der Waals surface area contributed by atoms with Crippen molar-refractivity contribution in [3.8, 4) is 0 Å². The molecule has 0 saturated carbocycles. The highest BCUT2D eigenvalue weighted by Gasteiger charge is 2.16. The van der Waals surface area contributed by atoms with Crippen LogP contribution in [0.25, 0.3) is 0 Å². The van der Waals surface area contributed by atoms with E-state index in [0.717, 1.165) is 25.8 Å². The molecule has 4 nitrogen and oxygen atoms in total. The van der Waals surface area contributed by atoms with Crippen molar-refractivity contribution in [2.45, 2.75) is 44.9 Å². The molecule has 0 bridgehead atoms. The van der Waals surface area contributed by atoms with Crippen LogP contribution in [0.3, 0.4) is 0 Å². The van der Waals surface area contributed by atoms with Gasteiger partial charge in [0, 0.05) is 19.4 Å². The highest BCUT2D eigenvalue weighted by molar-refractivity contribution is 7.99. The number of esters is 1. The van der Waals surface area contributed by atoms with E-state index in [2.05, 4.69) is 10.1 Å². The molecule has 19 heavy (non-hydrogen) atoms. The SMILES string of the molecule is COC(=O)CCCCCNC(=O)CC1CCSCC1. The number of hydrogen-bond donors (Lipinski definition) is 1. The van der Waals surface area contributed by atoms with Crippen LogP contribution in [0.4, 0.5) is 0 Å². The van der Waals surface area contributed by atoms with Crippen molar-refractivity contribution in [2.24, 2.45) is 5.92 Å². The molecule has 1 amide bonds. The zero-order valence-electron chi connectivity index (χ0n) is 11.8. The van der Waals surface area contributed by atoms with Gasteiger partial charge < -0.3 is 10.1 Å². The van der Waals surface area contributed by atoms with Gasteiger partial charge in [-0.05, 0) is 43.1 Å². The van der Waals surface area contributed by atoms with E-state index in [1.54, 1.807) is 0 Å². The van der Waals surface area contributed by atoms with Gasteiger partial charge in [0.2, 0.25) is 5.91 Å². The smallest absolute Gasteiger partial charge is 0.305 e. The second-order valence-electron chi connectivity index (χ2n) is 5.00. The predicted molar refractivity (Wildman–Crippen MR) is 78.2 cm³/mol. The number of nitrogens with one attached hydrogen (secondary N) is 1. The van der Waals surface area contributed by atoms with Crippen LogP contribution >= 0.6 is 11.8 Å². The maximum absolute atomic E-state index is 11.7. The Morgan fingerprint density at radius 1 is 1.21 bits per heavy atom. The molecule has 1 saturated heterocycles. The summed E-state index contributed by atoms with van der Waals surface area (Å²) in [5.41, 5.74) is 0. The molecule has 1 aliphatic heterocycles. The Bertz CT molecular complexity index is 278. The van der Waals surface area contributed by atoms with Crippen LogP contribution in [0.5, 0.6) is 0 Å². The predicted octanol–water partition coefficient (Wildman–Crippen LogP) is 2.37. The Hall–Kier alpha value is -0.710. The third-order valence-corrected chi connectivity index (χ3v) is 4.47. The van der Waals surface area contributed by atoms with E-state index in [1.165, 1.54) is 31.5 Å². The lowest BCUT2D eigenvalue weighted by Gasteiger charge is -2.20. The van der Waals surface area contributed by atoms with Crippen molar-refractivity contribution in [3.05, 3.63) is 0 Å². The molecule has 1 N–H and O–H groups in total. The minimum absolute atomic E-state index is 0.154. The summed E-state index contributed by atoms with van der Waals surface area (Å²) in [6, 6.07) is 0. The topological polar surface area (TPSA) is 55.4 Å². The van der Waals surface area contributed by atoms with Crippen LogP contribution in [-0.4, -0.2) is 37.0 Å². The Morgan fingerprint density at radius 2 is 1.95 bits per heavy atom.